The predicted octanol–water partition coefficient (Wildman–Crippen LogP) is 3.51. The average molecular weight is 317 g/mol. The van der Waals surface area contributed by atoms with Gasteiger partial charge in [0, 0.05) is 24.1 Å². The summed E-state index contributed by atoms with van der Waals surface area (Å²) in [5.41, 5.74) is -0.652. The van der Waals surface area contributed by atoms with Gasteiger partial charge in [0.25, 0.3) is 11.6 Å². The molecular weight excluding hydrogens is 299 g/mol. The van der Waals surface area contributed by atoms with Gasteiger partial charge in [0.05, 0.1) is 11.0 Å². The number of rotatable bonds is 7. The Hall–Kier alpha value is -1.69. The van der Waals surface area contributed by atoms with Gasteiger partial charge in [-0.2, -0.15) is 0 Å². The molecular formula is C14H18ClFN2O3. The molecule has 0 spiro atoms. The lowest BCUT2D eigenvalue weighted by Gasteiger charge is -2.24. The molecule has 5 nitrogen and oxygen atoms in total. The maximum Gasteiger partial charge on any atom is 0.273 e. The quantitative estimate of drug-likeness (QED) is 0.475. The number of hydrogen-bond acceptors (Lipinski definition) is 3. The first-order chi connectivity index (χ1) is 9.75. The third-order valence-corrected chi connectivity index (χ3v) is 3.34. The molecule has 0 atom stereocenters. The Labute approximate surface area is 127 Å². The molecule has 1 aromatic carbocycles. The Balaban J connectivity index is 2.74. The van der Waals surface area contributed by atoms with Gasteiger partial charge in [0.15, 0.2) is 0 Å². The van der Waals surface area contributed by atoms with Crippen molar-refractivity contribution in [2.24, 2.45) is 5.41 Å². The minimum atomic E-state index is -0.809. The highest BCUT2D eigenvalue weighted by Gasteiger charge is 2.20. The summed E-state index contributed by atoms with van der Waals surface area (Å²) in [7, 11) is 0. The summed E-state index contributed by atoms with van der Waals surface area (Å²) in [5.74, 6) is -0.791. The monoisotopic (exact) mass is 316 g/mol. The molecule has 116 valence electrons. The molecule has 0 aliphatic carbocycles. The van der Waals surface area contributed by atoms with Crippen molar-refractivity contribution in [1.82, 2.24) is 5.32 Å². The van der Waals surface area contributed by atoms with E-state index in [-0.39, 0.29) is 11.0 Å². The van der Waals surface area contributed by atoms with E-state index < -0.39 is 22.3 Å². The first-order valence-corrected chi connectivity index (χ1v) is 7.08. The first kappa shape index (κ1) is 17.4. The summed E-state index contributed by atoms with van der Waals surface area (Å²) in [5, 5.41) is 13.3. The normalized spacial score (nSPS) is 11.2. The fourth-order valence-corrected chi connectivity index (χ4v) is 2.00. The van der Waals surface area contributed by atoms with Crippen LogP contribution in [0.4, 0.5) is 10.1 Å². The molecule has 1 amide bonds. The standard InChI is InChI=1S/C14H18ClFN2O3/c1-14(2,4-3-5-15)9-17-13(19)10-6-11(16)8-12(7-10)18(20)21/h6-8H,3-5,9H2,1-2H3,(H,17,19). The number of non-ortho nitro benzene ring substituents is 1. The van der Waals surface area contributed by atoms with Crippen LogP contribution >= 0.6 is 11.6 Å². The number of amides is 1. The van der Waals surface area contributed by atoms with Crippen LogP contribution in [-0.2, 0) is 0 Å². The zero-order chi connectivity index (χ0) is 16.0. The minimum absolute atomic E-state index is 0.0603. The Kier molecular flexibility index (Phi) is 6.08. The molecule has 0 heterocycles. The molecule has 1 rings (SSSR count). The number of nitrogens with zero attached hydrogens (tertiary/aromatic N) is 1. The second-order valence-electron chi connectivity index (χ2n) is 5.59. The second kappa shape index (κ2) is 7.36. The Morgan fingerprint density at radius 2 is 2.10 bits per heavy atom. The van der Waals surface area contributed by atoms with Gasteiger partial charge >= 0.3 is 0 Å². The molecule has 0 saturated heterocycles. The Morgan fingerprint density at radius 3 is 2.67 bits per heavy atom. The van der Waals surface area contributed by atoms with Gasteiger partial charge in [-0.15, -0.1) is 11.6 Å². The van der Waals surface area contributed by atoms with Gasteiger partial charge in [-0.3, -0.25) is 14.9 Å². The minimum Gasteiger partial charge on any atom is -0.351 e. The van der Waals surface area contributed by atoms with E-state index >= 15 is 0 Å². The van der Waals surface area contributed by atoms with E-state index in [1.54, 1.807) is 0 Å². The summed E-state index contributed by atoms with van der Waals surface area (Å²) in [6.07, 6.45) is 1.66. The van der Waals surface area contributed by atoms with E-state index in [4.69, 9.17) is 11.6 Å². The van der Waals surface area contributed by atoms with Crippen molar-refractivity contribution in [2.45, 2.75) is 26.7 Å². The molecule has 1 aromatic rings. The van der Waals surface area contributed by atoms with Crippen LogP contribution in [0.1, 0.15) is 37.0 Å². The van der Waals surface area contributed by atoms with Gasteiger partial charge in [0.2, 0.25) is 0 Å². The van der Waals surface area contributed by atoms with Crippen LogP contribution in [0, 0.1) is 21.3 Å². The number of carbonyl (C=O) groups excluding carboxylic acids is 1. The van der Waals surface area contributed by atoms with Crippen LogP contribution in [0.5, 0.6) is 0 Å². The van der Waals surface area contributed by atoms with Crippen molar-refractivity contribution in [3.63, 3.8) is 0 Å². The Bertz CT molecular complexity index is 535. The van der Waals surface area contributed by atoms with E-state index in [0.717, 1.165) is 31.0 Å². The zero-order valence-electron chi connectivity index (χ0n) is 12.0. The van der Waals surface area contributed by atoms with Crippen molar-refractivity contribution >= 4 is 23.2 Å². The molecule has 0 unspecified atom stereocenters. The SMILES string of the molecule is CC(C)(CCCCl)CNC(=O)c1cc(F)cc([N+](=O)[O-])c1. The maximum atomic E-state index is 13.3. The molecule has 1 N–H and O–H groups in total. The lowest BCUT2D eigenvalue weighted by Crippen LogP contribution is -2.34. The molecule has 0 aliphatic heterocycles. The molecule has 0 fully saturated rings. The van der Waals surface area contributed by atoms with Crippen molar-refractivity contribution < 1.29 is 14.1 Å². The zero-order valence-corrected chi connectivity index (χ0v) is 12.7. The van der Waals surface area contributed by atoms with Crippen molar-refractivity contribution in [3.05, 3.63) is 39.7 Å². The van der Waals surface area contributed by atoms with Crippen molar-refractivity contribution in [2.75, 3.05) is 12.4 Å². The maximum absolute atomic E-state index is 13.3. The van der Waals surface area contributed by atoms with Crippen molar-refractivity contribution in [1.29, 1.82) is 0 Å². The summed E-state index contributed by atoms with van der Waals surface area (Å²) in [6, 6.07) is 2.82. The second-order valence-corrected chi connectivity index (χ2v) is 5.97. The third-order valence-electron chi connectivity index (χ3n) is 3.07. The van der Waals surface area contributed by atoms with Crippen molar-refractivity contribution in [3.8, 4) is 0 Å². The number of nitro groups is 1. The molecule has 0 aliphatic rings. The highest BCUT2D eigenvalue weighted by Crippen LogP contribution is 2.22. The molecule has 0 radical (unpaired) electrons. The summed E-state index contributed by atoms with van der Waals surface area (Å²) >= 11 is 5.64. The predicted molar refractivity (Wildman–Crippen MR) is 79.1 cm³/mol. The third kappa shape index (κ3) is 5.67. The van der Waals surface area contributed by atoms with Gasteiger partial charge in [-0.1, -0.05) is 13.8 Å². The highest BCUT2D eigenvalue weighted by molar-refractivity contribution is 6.17. The number of hydrogen-bond donors (Lipinski definition) is 1. The van der Waals surface area contributed by atoms with E-state index in [1.165, 1.54) is 0 Å². The van der Waals surface area contributed by atoms with E-state index in [9.17, 15) is 19.3 Å². The smallest absolute Gasteiger partial charge is 0.273 e. The van der Waals surface area contributed by atoms with Crippen LogP contribution in [-0.4, -0.2) is 23.3 Å². The van der Waals surface area contributed by atoms with Gasteiger partial charge in [-0.25, -0.2) is 4.39 Å². The topological polar surface area (TPSA) is 72.2 Å². The number of nitrogens with one attached hydrogen (secondary N) is 1. The summed E-state index contributed by atoms with van der Waals surface area (Å²) < 4.78 is 13.3. The van der Waals surface area contributed by atoms with E-state index in [0.29, 0.717) is 12.4 Å². The largest absolute Gasteiger partial charge is 0.351 e. The summed E-state index contributed by atoms with van der Waals surface area (Å²) in [4.78, 5) is 21.9. The number of halogens is 2. The lowest BCUT2D eigenvalue weighted by atomic mass is 9.88. The number of nitro benzene ring substituents is 1. The van der Waals surface area contributed by atoms with Gasteiger partial charge in [0.1, 0.15) is 5.82 Å². The first-order valence-electron chi connectivity index (χ1n) is 6.54. The fraction of sp³-hybridized carbons (Fsp3) is 0.500. The molecule has 0 aromatic heterocycles. The van der Waals surface area contributed by atoms with Crippen LogP contribution in [0.15, 0.2) is 18.2 Å². The lowest BCUT2D eigenvalue weighted by molar-refractivity contribution is -0.385. The Morgan fingerprint density at radius 1 is 1.43 bits per heavy atom. The summed E-state index contributed by atoms with van der Waals surface area (Å²) in [6.45, 7) is 4.34. The average Bonchev–Trinajstić information content (AvgIpc) is 2.42. The van der Waals surface area contributed by atoms with E-state index in [1.807, 2.05) is 13.8 Å². The number of carbonyl (C=O) groups is 1. The van der Waals surface area contributed by atoms with E-state index in [2.05, 4.69) is 5.32 Å². The highest BCUT2D eigenvalue weighted by atomic mass is 35.5. The van der Waals surface area contributed by atoms with Crippen LogP contribution < -0.4 is 5.32 Å². The fourth-order valence-electron chi connectivity index (χ4n) is 1.87. The molecule has 21 heavy (non-hydrogen) atoms. The van der Waals surface area contributed by atoms with Crippen LogP contribution in [0.2, 0.25) is 0 Å². The number of benzene rings is 1. The van der Waals surface area contributed by atoms with Gasteiger partial charge in [-0.05, 0) is 24.3 Å². The van der Waals surface area contributed by atoms with Gasteiger partial charge < -0.3 is 5.32 Å². The van der Waals surface area contributed by atoms with Crippen LogP contribution in [0.3, 0.4) is 0 Å². The molecule has 0 bridgehead atoms. The van der Waals surface area contributed by atoms with Crippen LogP contribution in [0.25, 0.3) is 0 Å². The molecule has 0 saturated carbocycles. The number of alkyl halides is 1. The molecule has 7 heteroatoms.